The fourth-order valence-electron chi connectivity index (χ4n) is 2.09. The summed E-state index contributed by atoms with van der Waals surface area (Å²) >= 11 is 0. The molecule has 1 aliphatic heterocycles. The van der Waals surface area contributed by atoms with Crippen molar-refractivity contribution in [1.82, 2.24) is 0 Å². The minimum absolute atomic E-state index is 0.0157. The first kappa shape index (κ1) is 12.3. The first-order chi connectivity index (χ1) is 8.41. The van der Waals surface area contributed by atoms with Crippen LogP contribution >= 0.6 is 0 Å². The average molecular weight is 249 g/mol. The highest BCUT2D eigenvalue weighted by Gasteiger charge is 2.27. The van der Waals surface area contributed by atoms with Gasteiger partial charge in [0.15, 0.2) is 0 Å². The molecule has 0 aliphatic carbocycles. The van der Waals surface area contributed by atoms with Crippen molar-refractivity contribution in [2.45, 2.75) is 19.4 Å². The van der Waals surface area contributed by atoms with Crippen LogP contribution < -0.4 is 9.80 Å². The van der Waals surface area contributed by atoms with E-state index in [1.165, 1.54) is 12.1 Å². The Bertz CT molecular complexity index is 515. The summed E-state index contributed by atoms with van der Waals surface area (Å²) in [6.45, 7) is 1.93. The average Bonchev–Trinajstić information content (AvgIpc) is 2.42. The molecule has 0 spiro atoms. The van der Waals surface area contributed by atoms with Gasteiger partial charge in [0, 0.05) is 38.7 Å². The number of fused-ring (bicyclic) bond motifs is 1. The Balaban J connectivity index is 2.58. The summed E-state index contributed by atoms with van der Waals surface area (Å²) < 4.78 is 0. The molecule has 1 aromatic rings. The molecule has 0 radical (unpaired) electrons. The lowest BCUT2D eigenvalue weighted by Gasteiger charge is -2.25. The Labute approximate surface area is 105 Å². The number of benzene rings is 1. The highest BCUT2D eigenvalue weighted by molar-refractivity contribution is 5.98. The molecule has 1 heterocycles. The first-order valence-electron chi connectivity index (χ1n) is 5.69. The van der Waals surface area contributed by atoms with Gasteiger partial charge in [-0.25, -0.2) is 0 Å². The number of carbonyl (C=O) groups excluding carboxylic acids is 1. The summed E-state index contributed by atoms with van der Waals surface area (Å²) in [5, 5.41) is 10.8. The maximum absolute atomic E-state index is 11.9. The molecule has 1 aliphatic rings. The van der Waals surface area contributed by atoms with Crippen molar-refractivity contribution in [2.24, 2.45) is 0 Å². The molecule has 0 aromatic heterocycles. The van der Waals surface area contributed by atoms with E-state index in [0.717, 1.165) is 0 Å². The van der Waals surface area contributed by atoms with E-state index in [4.69, 9.17) is 0 Å². The van der Waals surface area contributed by atoms with Gasteiger partial charge in [0.2, 0.25) is 5.91 Å². The number of amides is 1. The van der Waals surface area contributed by atoms with E-state index in [9.17, 15) is 14.9 Å². The van der Waals surface area contributed by atoms with Crippen molar-refractivity contribution >= 4 is 23.0 Å². The summed E-state index contributed by atoms with van der Waals surface area (Å²) in [6, 6.07) is 4.58. The van der Waals surface area contributed by atoms with Gasteiger partial charge >= 0.3 is 0 Å². The molecule has 1 amide bonds. The molecule has 0 fully saturated rings. The minimum atomic E-state index is -0.425. The van der Waals surface area contributed by atoms with Gasteiger partial charge in [-0.15, -0.1) is 0 Å². The maximum Gasteiger partial charge on any atom is 0.271 e. The quantitative estimate of drug-likeness (QED) is 0.562. The van der Waals surface area contributed by atoms with Gasteiger partial charge in [-0.3, -0.25) is 14.9 Å². The molecule has 2 rings (SSSR count). The number of nitro groups is 1. The summed E-state index contributed by atoms with van der Waals surface area (Å²) in [5.74, 6) is 0.0157. The fraction of sp³-hybridized carbons (Fsp3) is 0.417. The van der Waals surface area contributed by atoms with Gasteiger partial charge in [-0.1, -0.05) is 0 Å². The van der Waals surface area contributed by atoms with Crippen LogP contribution in [0.1, 0.15) is 13.3 Å². The van der Waals surface area contributed by atoms with Crippen LogP contribution in [0, 0.1) is 10.1 Å². The van der Waals surface area contributed by atoms with Crippen molar-refractivity contribution in [1.29, 1.82) is 0 Å². The summed E-state index contributed by atoms with van der Waals surface area (Å²) in [7, 11) is 3.54. The molecular formula is C12H15N3O3. The smallest absolute Gasteiger partial charge is 0.271 e. The number of carbonyl (C=O) groups is 1. The SMILES string of the molecule is C[C@H]1CC(=O)N(C)c2ccc([N+](=O)[O-])cc2N1C. The summed E-state index contributed by atoms with van der Waals surface area (Å²) in [5.41, 5.74) is 1.46. The van der Waals surface area contributed by atoms with Crippen LogP contribution in [0.4, 0.5) is 17.1 Å². The van der Waals surface area contributed by atoms with Crippen LogP contribution in [0.5, 0.6) is 0 Å². The standard InChI is InChI=1S/C12H15N3O3/c1-8-6-12(16)14(3)10-5-4-9(15(17)18)7-11(10)13(8)2/h4-5,7-8H,6H2,1-3H3/t8-/m0/s1. The zero-order valence-corrected chi connectivity index (χ0v) is 10.6. The molecule has 0 unspecified atom stereocenters. The Morgan fingerprint density at radius 3 is 2.61 bits per heavy atom. The number of rotatable bonds is 1. The second-order valence-corrected chi connectivity index (χ2v) is 4.55. The van der Waals surface area contributed by atoms with Crippen molar-refractivity contribution in [3.8, 4) is 0 Å². The van der Waals surface area contributed by atoms with E-state index in [2.05, 4.69) is 0 Å². The lowest BCUT2D eigenvalue weighted by atomic mass is 10.2. The molecule has 1 atom stereocenters. The van der Waals surface area contributed by atoms with Crippen LogP contribution in [-0.4, -0.2) is 31.0 Å². The third-order valence-corrected chi connectivity index (χ3v) is 3.42. The van der Waals surface area contributed by atoms with E-state index >= 15 is 0 Å². The van der Waals surface area contributed by atoms with Crippen LogP contribution in [0.25, 0.3) is 0 Å². The van der Waals surface area contributed by atoms with E-state index in [1.807, 2.05) is 18.9 Å². The second-order valence-electron chi connectivity index (χ2n) is 4.55. The zero-order chi connectivity index (χ0) is 13.4. The number of hydrogen-bond acceptors (Lipinski definition) is 4. The van der Waals surface area contributed by atoms with Crippen molar-refractivity contribution in [2.75, 3.05) is 23.9 Å². The van der Waals surface area contributed by atoms with Crippen LogP contribution in [0.2, 0.25) is 0 Å². The molecule has 1 aromatic carbocycles. The van der Waals surface area contributed by atoms with Gasteiger partial charge in [-0.05, 0) is 13.0 Å². The lowest BCUT2D eigenvalue weighted by Crippen LogP contribution is -2.31. The van der Waals surface area contributed by atoms with E-state index in [1.54, 1.807) is 18.0 Å². The van der Waals surface area contributed by atoms with Gasteiger partial charge in [0.1, 0.15) is 0 Å². The van der Waals surface area contributed by atoms with Crippen LogP contribution in [-0.2, 0) is 4.79 Å². The first-order valence-corrected chi connectivity index (χ1v) is 5.69. The topological polar surface area (TPSA) is 66.7 Å². The number of hydrogen-bond donors (Lipinski definition) is 0. The molecule has 0 bridgehead atoms. The molecule has 6 heteroatoms. The number of nitrogens with zero attached hydrogens (tertiary/aromatic N) is 3. The van der Waals surface area contributed by atoms with Crippen LogP contribution in [0.3, 0.4) is 0 Å². The minimum Gasteiger partial charge on any atom is -0.369 e. The molecule has 96 valence electrons. The van der Waals surface area contributed by atoms with Crippen molar-refractivity contribution in [3.05, 3.63) is 28.3 Å². The Morgan fingerprint density at radius 1 is 1.33 bits per heavy atom. The fourth-order valence-corrected chi connectivity index (χ4v) is 2.09. The Kier molecular flexibility index (Phi) is 2.94. The lowest BCUT2D eigenvalue weighted by molar-refractivity contribution is -0.384. The molecule has 18 heavy (non-hydrogen) atoms. The van der Waals surface area contributed by atoms with E-state index < -0.39 is 4.92 Å². The highest BCUT2D eigenvalue weighted by Crippen LogP contribution is 2.36. The molecule has 0 saturated carbocycles. The molecular weight excluding hydrogens is 234 g/mol. The maximum atomic E-state index is 11.9. The van der Waals surface area contributed by atoms with Gasteiger partial charge in [0.25, 0.3) is 5.69 Å². The monoisotopic (exact) mass is 249 g/mol. The molecule has 6 nitrogen and oxygen atoms in total. The number of non-ortho nitro benzene ring substituents is 1. The third-order valence-electron chi connectivity index (χ3n) is 3.42. The number of anilines is 2. The third kappa shape index (κ3) is 1.90. The van der Waals surface area contributed by atoms with Gasteiger partial charge in [0.05, 0.1) is 16.3 Å². The van der Waals surface area contributed by atoms with Crippen molar-refractivity contribution < 1.29 is 9.72 Å². The van der Waals surface area contributed by atoms with Crippen LogP contribution in [0.15, 0.2) is 18.2 Å². The van der Waals surface area contributed by atoms with Gasteiger partial charge in [-0.2, -0.15) is 0 Å². The molecule has 0 saturated heterocycles. The van der Waals surface area contributed by atoms with E-state index in [-0.39, 0.29) is 17.6 Å². The Hall–Kier alpha value is -2.11. The predicted molar refractivity (Wildman–Crippen MR) is 69.0 cm³/mol. The predicted octanol–water partition coefficient (Wildman–Crippen LogP) is 1.79. The van der Waals surface area contributed by atoms with E-state index in [0.29, 0.717) is 17.8 Å². The molecule has 0 N–H and O–H groups in total. The zero-order valence-electron chi connectivity index (χ0n) is 10.6. The largest absolute Gasteiger partial charge is 0.369 e. The van der Waals surface area contributed by atoms with Gasteiger partial charge < -0.3 is 9.80 Å². The highest BCUT2D eigenvalue weighted by atomic mass is 16.6. The Morgan fingerprint density at radius 2 is 2.00 bits per heavy atom. The number of nitro benzene ring substituents is 1. The summed E-state index contributed by atoms with van der Waals surface area (Å²) in [4.78, 5) is 25.8. The summed E-state index contributed by atoms with van der Waals surface area (Å²) in [6.07, 6.45) is 0.398. The normalized spacial score (nSPS) is 19.5. The van der Waals surface area contributed by atoms with Crippen molar-refractivity contribution in [3.63, 3.8) is 0 Å². The second kappa shape index (κ2) is 4.29.